The molecule has 1 unspecified atom stereocenters. The SMILES string of the molecule is Cc1cc(I)ccc1N(CC(O)CO)c1cccc(F)c1. The molecule has 0 bridgehead atoms. The fraction of sp³-hybridized carbons (Fsp3) is 0.250. The van der Waals surface area contributed by atoms with Crippen LogP contribution in [-0.2, 0) is 0 Å². The molecule has 2 aromatic carbocycles. The van der Waals surface area contributed by atoms with Crippen LogP contribution in [0.2, 0.25) is 0 Å². The van der Waals surface area contributed by atoms with E-state index in [0.29, 0.717) is 5.69 Å². The van der Waals surface area contributed by atoms with Gasteiger partial charge in [-0.2, -0.15) is 0 Å². The lowest BCUT2D eigenvalue weighted by atomic mass is 10.1. The lowest BCUT2D eigenvalue weighted by Crippen LogP contribution is -2.31. The number of aryl methyl sites for hydroxylation is 1. The van der Waals surface area contributed by atoms with E-state index in [4.69, 9.17) is 5.11 Å². The Labute approximate surface area is 137 Å². The van der Waals surface area contributed by atoms with E-state index in [1.165, 1.54) is 12.1 Å². The second-order valence-electron chi connectivity index (χ2n) is 4.86. The van der Waals surface area contributed by atoms with Gasteiger partial charge in [0.05, 0.1) is 19.3 Å². The minimum atomic E-state index is -0.896. The van der Waals surface area contributed by atoms with E-state index in [9.17, 15) is 9.50 Å². The molecule has 3 nitrogen and oxygen atoms in total. The zero-order chi connectivity index (χ0) is 15.4. The number of hydrogen-bond acceptors (Lipinski definition) is 3. The summed E-state index contributed by atoms with van der Waals surface area (Å²) in [6.07, 6.45) is -0.896. The third-order valence-corrected chi connectivity index (χ3v) is 3.84. The van der Waals surface area contributed by atoms with E-state index < -0.39 is 6.10 Å². The molecule has 0 aromatic heterocycles. The van der Waals surface area contributed by atoms with Crippen LogP contribution in [0.15, 0.2) is 42.5 Å². The van der Waals surface area contributed by atoms with Gasteiger partial charge in [-0.05, 0) is 71.5 Å². The third-order valence-electron chi connectivity index (χ3n) is 3.17. The molecular weight excluding hydrogens is 384 g/mol. The minimum Gasteiger partial charge on any atom is -0.394 e. The second kappa shape index (κ2) is 7.20. The normalized spacial score (nSPS) is 12.2. The summed E-state index contributed by atoms with van der Waals surface area (Å²) < 4.78 is 14.6. The Morgan fingerprint density at radius 3 is 2.62 bits per heavy atom. The largest absolute Gasteiger partial charge is 0.394 e. The summed E-state index contributed by atoms with van der Waals surface area (Å²) >= 11 is 2.23. The third kappa shape index (κ3) is 4.15. The molecule has 2 aromatic rings. The van der Waals surface area contributed by atoms with Crippen LogP contribution in [-0.4, -0.2) is 29.5 Å². The summed E-state index contributed by atoms with van der Waals surface area (Å²) in [6.45, 7) is 1.83. The molecule has 5 heteroatoms. The summed E-state index contributed by atoms with van der Waals surface area (Å²) in [5.41, 5.74) is 2.55. The molecule has 0 radical (unpaired) electrons. The highest BCUT2D eigenvalue weighted by molar-refractivity contribution is 14.1. The van der Waals surface area contributed by atoms with E-state index in [0.717, 1.165) is 14.8 Å². The van der Waals surface area contributed by atoms with Gasteiger partial charge in [-0.15, -0.1) is 0 Å². The van der Waals surface area contributed by atoms with Crippen molar-refractivity contribution in [1.82, 2.24) is 0 Å². The first-order valence-electron chi connectivity index (χ1n) is 6.59. The summed E-state index contributed by atoms with van der Waals surface area (Å²) in [4.78, 5) is 1.81. The van der Waals surface area contributed by atoms with Gasteiger partial charge in [-0.3, -0.25) is 0 Å². The first kappa shape index (κ1) is 16.2. The van der Waals surface area contributed by atoms with Gasteiger partial charge in [0.1, 0.15) is 5.82 Å². The van der Waals surface area contributed by atoms with E-state index in [-0.39, 0.29) is 19.0 Å². The molecule has 0 saturated heterocycles. The molecule has 0 aliphatic rings. The Hall–Kier alpha value is -1.18. The van der Waals surface area contributed by atoms with Crippen molar-refractivity contribution < 1.29 is 14.6 Å². The molecular formula is C16H17FINO2. The molecule has 0 aliphatic carbocycles. The maximum Gasteiger partial charge on any atom is 0.125 e. The van der Waals surface area contributed by atoms with Gasteiger partial charge in [0, 0.05) is 14.9 Å². The molecule has 0 spiro atoms. The Morgan fingerprint density at radius 2 is 2.00 bits per heavy atom. The number of benzene rings is 2. The number of aliphatic hydroxyl groups is 2. The predicted octanol–water partition coefficient (Wildman–Crippen LogP) is 3.23. The van der Waals surface area contributed by atoms with E-state index in [2.05, 4.69) is 22.6 Å². The molecule has 0 fully saturated rings. The first-order valence-corrected chi connectivity index (χ1v) is 7.67. The maximum absolute atomic E-state index is 13.5. The molecule has 2 N–H and O–H groups in total. The molecule has 112 valence electrons. The Bertz CT molecular complexity index is 621. The molecule has 21 heavy (non-hydrogen) atoms. The van der Waals surface area contributed by atoms with Crippen molar-refractivity contribution in [3.63, 3.8) is 0 Å². The zero-order valence-electron chi connectivity index (χ0n) is 11.6. The topological polar surface area (TPSA) is 43.7 Å². The quantitative estimate of drug-likeness (QED) is 0.757. The van der Waals surface area contributed by atoms with Gasteiger partial charge >= 0.3 is 0 Å². The van der Waals surface area contributed by atoms with E-state index in [1.807, 2.05) is 30.0 Å². The summed E-state index contributed by atoms with van der Waals surface area (Å²) in [7, 11) is 0. The van der Waals surface area contributed by atoms with Crippen molar-refractivity contribution in [3.8, 4) is 0 Å². The molecule has 1 atom stereocenters. The van der Waals surface area contributed by atoms with Crippen LogP contribution in [0.5, 0.6) is 0 Å². The van der Waals surface area contributed by atoms with Crippen molar-refractivity contribution in [2.45, 2.75) is 13.0 Å². The standard InChI is InChI=1S/C16H17FINO2/c1-11-7-13(18)5-6-16(11)19(9-15(21)10-20)14-4-2-3-12(17)8-14/h2-8,15,20-21H,9-10H2,1H3. The van der Waals surface area contributed by atoms with Crippen molar-refractivity contribution >= 4 is 34.0 Å². The van der Waals surface area contributed by atoms with Crippen molar-refractivity contribution in [2.24, 2.45) is 0 Å². The molecule has 0 heterocycles. The smallest absolute Gasteiger partial charge is 0.125 e. The van der Waals surface area contributed by atoms with Gasteiger partial charge in [-0.25, -0.2) is 4.39 Å². The van der Waals surface area contributed by atoms with Crippen molar-refractivity contribution in [1.29, 1.82) is 0 Å². The van der Waals surface area contributed by atoms with Crippen LogP contribution in [0.3, 0.4) is 0 Å². The van der Waals surface area contributed by atoms with Crippen LogP contribution >= 0.6 is 22.6 Å². The lowest BCUT2D eigenvalue weighted by molar-refractivity contribution is 0.102. The van der Waals surface area contributed by atoms with Gasteiger partial charge in [0.15, 0.2) is 0 Å². The van der Waals surface area contributed by atoms with E-state index >= 15 is 0 Å². The first-order chi connectivity index (χ1) is 10.0. The number of hydrogen-bond donors (Lipinski definition) is 2. The van der Waals surface area contributed by atoms with Crippen molar-refractivity contribution in [3.05, 3.63) is 57.4 Å². The Morgan fingerprint density at radius 1 is 1.24 bits per heavy atom. The minimum absolute atomic E-state index is 0.196. The van der Waals surface area contributed by atoms with Crippen LogP contribution < -0.4 is 4.90 Å². The maximum atomic E-state index is 13.5. The van der Waals surface area contributed by atoms with Gasteiger partial charge in [0.25, 0.3) is 0 Å². The molecule has 2 rings (SSSR count). The highest BCUT2D eigenvalue weighted by Crippen LogP contribution is 2.30. The number of anilines is 2. The van der Waals surface area contributed by atoms with Gasteiger partial charge < -0.3 is 15.1 Å². The lowest BCUT2D eigenvalue weighted by Gasteiger charge is -2.28. The fourth-order valence-electron chi connectivity index (χ4n) is 2.18. The van der Waals surface area contributed by atoms with Crippen LogP contribution in [0, 0.1) is 16.3 Å². The summed E-state index contributed by atoms with van der Waals surface area (Å²) in [5.74, 6) is -0.334. The van der Waals surface area contributed by atoms with Crippen LogP contribution in [0.4, 0.5) is 15.8 Å². The molecule has 0 amide bonds. The summed E-state index contributed by atoms with van der Waals surface area (Å²) in [6, 6.07) is 12.1. The number of nitrogens with zero attached hydrogens (tertiary/aromatic N) is 1. The molecule has 0 saturated carbocycles. The van der Waals surface area contributed by atoms with Crippen LogP contribution in [0.25, 0.3) is 0 Å². The van der Waals surface area contributed by atoms with Gasteiger partial charge in [-0.1, -0.05) is 6.07 Å². The second-order valence-corrected chi connectivity index (χ2v) is 6.10. The monoisotopic (exact) mass is 401 g/mol. The fourth-order valence-corrected chi connectivity index (χ4v) is 2.82. The predicted molar refractivity (Wildman–Crippen MR) is 90.4 cm³/mol. The average Bonchev–Trinajstić information content (AvgIpc) is 2.45. The van der Waals surface area contributed by atoms with E-state index in [1.54, 1.807) is 12.1 Å². The highest BCUT2D eigenvalue weighted by Gasteiger charge is 2.16. The number of aliphatic hydroxyl groups excluding tert-OH is 2. The van der Waals surface area contributed by atoms with Crippen LogP contribution in [0.1, 0.15) is 5.56 Å². The van der Waals surface area contributed by atoms with Gasteiger partial charge in [0.2, 0.25) is 0 Å². The van der Waals surface area contributed by atoms with Crippen molar-refractivity contribution in [2.75, 3.05) is 18.1 Å². The zero-order valence-corrected chi connectivity index (χ0v) is 13.8. The Kier molecular flexibility index (Phi) is 5.55. The summed E-state index contributed by atoms with van der Waals surface area (Å²) in [5, 5.41) is 18.9. The number of halogens is 2. The number of rotatable bonds is 5. The Balaban J connectivity index is 2.45. The molecule has 0 aliphatic heterocycles. The average molecular weight is 401 g/mol. The highest BCUT2D eigenvalue weighted by atomic mass is 127.